The van der Waals surface area contributed by atoms with Crippen molar-refractivity contribution < 1.29 is 54.9 Å². The second kappa shape index (κ2) is 9.36. The van der Waals surface area contributed by atoms with Gasteiger partial charge < -0.3 is 54.9 Å². The summed E-state index contributed by atoms with van der Waals surface area (Å²) >= 11 is 0. The topological polar surface area (TPSA) is 142 Å². The lowest BCUT2D eigenvalue weighted by Crippen LogP contribution is -2.84. The van der Waals surface area contributed by atoms with Gasteiger partial charge in [-0.15, -0.1) is 39.5 Å². The second-order valence-electron chi connectivity index (χ2n) is 7.64. The smallest absolute Gasteiger partial charge is 0.387 e. The minimum Gasteiger partial charge on any atom is -0.387 e. The average Bonchev–Trinajstić information content (AvgIpc) is 2.84. The quantitative estimate of drug-likeness (QED) is 0.353. The Morgan fingerprint density at radius 2 is 0.459 bits per heavy atom. The molecule has 0 radical (unpaired) electrons. The Hall–Kier alpha value is -0.865. The van der Waals surface area contributed by atoms with E-state index in [2.05, 4.69) is 52.6 Å². The van der Waals surface area contributed by atoms with E-state index in [1.54, 1.807) is 0 Å². The molecule has 0 aromatic heterocycles. The van der Waals surface area contributed by atoms with Gasteiger partial charge in [0.05, 0.1) is 0 Å². The van der Waals surface area contributed by atoms with E-state index in [0.29, 0.717) is 0 Å². The summed E-state index contributed by atoms with van der Waals surface area (Å²) in [6.07, 6.45) is 0. The highest BCUT2D eigenvalue weighted by Gasteiger charge is 2.78. The van der Waals surface area contributed by atoms with Crippen LogP contribution >= 0.6 is 0 Å². The van der Waals surface area contributed by atoms with E-state index in [9.17, 15) is 9.59 Å². The average molecular weight is 651 g/mol. The normalized spacial score (nSPS) is 51.0. The lowest BCUT2D eigenvalue weighted by atomic mass is 11.3. The highest BCUT2D eigenvalue weighted by Crippen LogP contribution is 2.45. The molecule has 4 rings (SSSR count). The Kier molecular flexibility index (Phi) is 7.37. The summed E-state index contributed by atoms with van der Waals surface area (Å²) < 4.78 is 68.9. The molecule has 37 heavy (non-hydrogen) atoms. The van der Waals surface area contributed by atoms with Gasteiger partial charge >= 0.3 is 70.4 Å². The Labute approximate surface area is 223 Å². The molecule has 13 nitrogen and oxygen atoms in total. The maximum absolute atomic E-state index is 11.5. The minimum absolute atomic E-state index is 1.05. The van der Waals surface area contributed by atoms with Crippen molar-refractivity contribution in [2.45, 2.75) is 0 Å². The number of fused-ring (bicyclic) bond motifs is 4. The summed E-state index contributed by atoms with van der Waals surface area (Å²) in [5.41, 5.74) is 9.32. The van der Waals surface area contributed by atoms with Gasteiger partial charge in [-0.3, -0.25) is 0 Å². The fraction of sp³-hybridized carbons (Fsp3) is 0. The van der Waals surface area contributed by atoms with Crippen molar-refractivity contribution in [1.29, 1.82) is 0 Å². The van der Waals surface area contributed by atoms with Gasteiger partial charge in [0.15, 0.2) is 0 Å². The number of hydrogen-bond donors (Lipinski definition) is 2. The van der Waals surface area contributed by atoms with Crippen molar-refractivity contribution in [3.8, 4) is 0 Å². The third-order valence-corrected chi connectivity index (χ3v) is 34.4. The van der Waals surface area contributed by atoms with Crippen LogP contribution in [-0.2, 0) is 45.3 Å². The van der Waals surface area contributed by atoms with Gasteiger partial charge in [-0.25, -0.2) is 0 Å². The summed E-state index contributed by atoms with van der Waals surface area (Å²) in [6.45, 7) is 30.0. The predicted octanol–water partition coefficient (Wildman–Crippen LogP) is 0.521. The summed E-state index contributed by atoms with van der Waals surface area (Å²) in [6, 6.07) is 0. The molecule has 4 unspecified atom stereocenters. The van der Waals surface area contributed by atoms with Crippen LogP contribution in [0.1, 0.15) is 0 Å². The van der Waals surface area contributed by atoms with Crippen molar-refractivity contribution in [2.24, 2.45) is 0 Å². The molecule has 0 amide bonds. The van der Waals surface area contributed by atoms with Crippen molar-refractivity contribution in [3.05, 3.63) is 98.2 Å². The van der Waals surface area contributed by atoms with Gasteiger partial charge in [0.2, 0.25) is 0 Å². The van der Waals surface area contributed by atoms with E-state index in [0.717, 1.165) is 11.4 Å². The largest absolute Gasteiger partial charge is 0.511 e. The first-order valence-corrected chi connectivity index (χ1v) is 25.0. The Morgan fingerprint density at radius 3 is 0.595 bits per heavy atom. The molecule has 0 aromatic rings. The first-order valence-electron chi connectivity index (χ1n) is 10.5. The molecule has 4 aliphatic rings. The molecular weight excluding hydrogens is 625 g/mol. The van der Waals surface area contributed by atoms with Crippen molar-refractivity contribution in [2.75, 3.05) is 0 Å². The first kappa shape index (κ1) is 29.1. The van der Waals surface area contributed by atoms with Crippen molar-refractivity contribution in [1.82, 2.24) is 0 Å². The van der Waals surface area contributed by atoms with Gasteiger partial charge in [0.25, 0.3) is 0 Å². The zero-order chi connectivity index (χ0) is 27.4. The molecule has 0 saturated carbocycles. The van der Waals surface area contributed by atoms with Crippen LogP contribution in [0.15, 0.2) is 98.2 Å². The standard InChI is InChI=1S/C16H26O13Si8/c1-9-30(17)19-32(11-3)23-34(13-5)21-31(18,10-2)22-35(14-6)24-33(12-4,20-30)26-36(15-7,25-32)29-37(16-8,27-34)28-35/h9-18H,1-8H2. The zero-order valence-corrected chi connectivity index (χ0v) is 27.7. The van der Waals surface area contributed by atoms with Crippen LogP contribution < -0.4 is 0 Å². The molecule has 21 heteroatoms. The molecule has 200 valence electrons. The summed E-state index contributed by atoms with van der Waals surface area (Å²) in [5, 5.41) is 0. The van der Waals surface area contributed by atoms with Gasteiger partial charge in [-0.1, -0.05) is 13.2 Å². The van der Waals surface area contributed by atoms with E-state index >= 15 is 0 Å². The fourth-order valence-electron chi connectivity index (χ4n) is 3.54. The van der Waals surface area contributed by atoms with Crippen LogP contribution in [0.4, 0.5) is 0 Å². The molecule has 6 bridgehead atoms. The zero-order valence-electron chi connectivity index (χ0n) is 19.7. The number of rotatable bonds is 8. The Bertz CT molecular complexity index is 946. The molecule has 2 N–H and O–H groups in total. The maximum atomic E-state index is 11.5. The molecule has 0 aliphatic carbocycles. The number of hydrogen-bond acceptors (Lipinski definition) is 13. The molecule has 0 spiro atoms. The second-order valence-corrected chi connectivity index (χ2v) is 29.7. The van der Waals surface area contributed by atoms with Crippen LogP contribution in [0.3, 0.4) is 0 Å². The van der Waals surface area contributed by atoms with Crippen LogP contribution in [0.25, 0.3) is 0 Å². The summed E-state index contributed by atoms with van der Waals surface area (Å²) in [7, 11) is -35.1. The minimum atomic E-state index is -4.49. The highest BCUT2D eigenvalue weighted by atomic mass is 28.6. The summed E-state index contributed by atoms with van der Waals surface area (Å²) in [5.74, 6) is 0. The Balaban J connectivity index is 2.15. The molecular formula is C16H26O13Si8. The third-order valence-electron chi connectivity index (χ3n) is 5.16. The van der Waals surface area contributed by atoms with Gasteiger partial charge in [-0.05, 0) is 45.6 Å². The Morgan fingerprint density at radius 1 is 0.297 bits per heavy atom. The van der Waals surface area contributed by atoms with Crippen LogP contribution in [0.5, 0.6) is 0 Å². The van der Waals surface area contributed by atoms with E-state index in [4.69, 9.17) is 45.3 Å². The monoisotopic (exact) mass is 650 g/mol. The van der Waals surface area contributed by atoms with Gasteiger partial charge in [0.1, 0.15) is 0 Å². The van der Waals surface area contributed by atoms with E-state index in [-0.39, 0.29) is 0 Å². The van der Waals surface area contributed by atoms with Gasteiger partial charge in [0, 0.05) is 0 Å². The van der Waals surface area contributed by atoms with Crippen LogP contribution in [-0.4, -0.2) is 80.0 Å². The highest BCUT2D eigenvalue weighted by molar-refractivity contribution is 7.05. The summed E-state index contributed by atoms with van der Waals surface area (Å²) in [4.78, 5) is 22.9. The molecule has 0 aromatic carbocycles. The van der Waals surface area contributed by atoms with E-state index in [1.807, 2.05) is 0 Å². The molecule has 4 aliphatic heterocycles. The molecule has 4 atom stereocenters. The molecule has 4 saturated heterocycles. The van der Waals surface area contributed by atoms with Crippen molar-refractivity contribution in [3.63, 3.8) is 0 Å². The lowest BCUT2D eigenvalue weighted by Gasteiger charge is -2.56. The maximum Gasteiger partial charge on any atom is 0.511 e. The SMILES string of the molecule is C=C[Si]1(O)O[Si]2(C=C)O[Si]3(C=C)O[Si](O)(C=C)O[Si]4(C=C)O[Si](C=C)(O1)O[Si](C=C)(O2)O[Si](C=C)(O3)O4. The van der Waals surface area contributed by atoms with E-state index < -0.39 is 70.4 Å². The third kappa shape index (κ3) is 4.86. The molecule has 4 fully saturated rings. The van der Waals surface area contributed by atoms with Crippen LogP contribution in [0, 0.1) is 0 Å². The lowest BCUT2D eigenvalue weighted by molar-refractivity contribution is 0.0154. The van der Waals surface area contributed by atoms with Crippen molar-refractivity contribution >= 4 is 70.4 Å². The first-order chi connectivity index (χ1) is 17.3. The predicted molar refractivity (Wildman–Crippen MR) is 144 cm³/mol. The van der Waals surface area contributed by atoms with Crippen LogP contribution in [0.2, 0.25) is 0 Å². The van der Waals surface area contributed by atoms with E-state index in [1.165, 1.54) is 34.2 Å². The van der Waals surface area contributed by atoms with Gasteiger partial charge in [-0.2, -0.15) is 0 Å². The fourth-order valence-corrected chi connectivity index (χ4v) is 39.3. The molecule has 4 heterocycles.